The first-order chi connectivity index (χ1) is 10.1. The summed E-state index contributed by atoms with van der Waals surface area (Å²) in [6, 6.07) is 16.0. The number of nitrogen functional groups attached to an aromatic ring is 1. The lowest BCUT2D eigenvalue weighted by Crippen LogP contribution is -2.37. The summed E-state index contributed by atoms with van der Waals surface area (Å²) in [4.78, 5) is 0. The number of aliphatic hydroxyl groups is 1. The first-order valence-corrected chi connectivity index (χ1v) is 6.91. The number of allylic oxidation sites excluding steroid dienone is 2. The lowest BCUT2D eigenvalue weighted by atomic mass is 9.89. The van der Waals surface area contributed by atoms with Crippen LogP contribution in [0.5, 0.6) is 0 Å². The molecule has 3 heteroatoms. The van der Waals surface area contributed by atoms with Gasteiger partial charge in [0.05, 0.1) is 0 Å². The minimum atomic E-state index is -1.25. The fraction of sp³-hybridized carbons (Fsp3) is 0.111. The van der Waals surface area contributed by atoms with E-state index >= 15 is 0 Å². The Morgan fingerprint density at radius 2 is 1.76 bits per heavy atom. The Balaban J connectivity index is 2.09. The van der Waals surface area contributed by atoms with Crippen LogP contribution in [-0.4, -0.2) is 10.8 Å². The SMILES string of the molecule is Nc1ccc(C2=CCC(N)(O)C=C2)c(-c2ccccc2)c1. The highest BCUT2D eigenvalue weighted by molar-refractivity contribution is 5.87. The van der Waals surface area contributed by atoms with Gasteiger partial charge in [-0.3, -0.25) is 0 Å². The molecule has 2 aromatic carbocycles. The van der Waals surface area contributed by atoms with Gasteiger partial charge >= 0.3 is 0 Å². The average Bonchev–Trinajstić information content (AvgIpc) is 2.48. The number of hydrogen-bond acceptors (Lipinski definition) is 3. The highest BCUT2D eigenvalue weighted by atomic mass is 16.3. The van der Waals surface area contributed by atoms with Gasteiger partial charge in [0.1, 0.15) is 5.72 Å². The molecule has 0 heterocycles. The lowest BCUT2D eigenvalue weighted by Gasteiger charge is -2.22. The first kappa shape index (κ1) is 13.6. The van der Waals surface area contributed by atoms with E-state index in [9.17, 15) is 5.11 Å². The Kier molecular flexibility index (Phi) is 3.37. The number of rotatable bonds is 2. The van der Waals surface area contributed by atoms with Crippen LogP contribution < -0.4 is 11.5 Å². The van der Waals surface area contributed by atoms with Crippen molar-refractivity contribution in [3.63, 3.8) is 0 Å². The normalized spacial score (nSPS) is 21.1. The average molecular weight is 278 g/mol. The smallest absolute Gasteiger partial charge is 0.136 e. The highest BCUT2D eigenvalue weighted by Gasteiger charge is 2.20. The van der Waals surface area contributed by atoms with Crippen LogP contribution >= 0.6 is 0 Å². The third-order valence-electron chi connectivity index (χ3n) is 3.64. The minimum Gasteiger partial charge on any atom is -0.399 e. The second-order valence-corrected chi connectivity index (χ2v) is 5.36. The molecule has 1 aliphatic carbocycles. The Labute approximate surface area is 124 Å². The summed E-state index contributed by atoms with van der Waals surface area (Å²) >= 11 is 0. The van der Waals surface area contributed by atoms with Crippen LogP contribution in [-0.2, 0) is 0 Å². The van der Waals surface area contributed by atoms with Gasteiger partial charge in [-0.15, -0.1) is 0 Å². The van der Waals surface area contributed by atoms with E-state index in [-0.39, 0.29) is 0 Å². The summed E-state index contributed by atoms with van der Waals surface area (Å²) in [5.74, 6) is 0. The van der Waals surface area contributed by atoms with Crippen LogP contribution in [0, 0.1) is 0 Å². The number of nitrogens with two attached hydrogens (primary N) is 2. The fourth-order valence-electron chi connectivity index (χ4n) is 2.51. The third-order valence-corrected chi connectivity index (χ3v) is 3.64. The van der Waals surface area contributed by atoms with Gasteiger partial charge in [-0.2, -0.15) is 0 Å². The van der Waals surface area contributed by atoms with E-state index in [2.05, 4.69) is 12.1 Å². The summed E-state index contributed by atoms with van der Waals surface area (Å²) in [5.41, 5.74) is 15.4. The molecule has 1 unspecified atom stereocenters. The molecular formula is C18H18N2O. The second kappa shape index (κ2) is 5.20. The van der Waals surface area contributed by atoms with E-state index in [0.29, 0.717) is 6.42 Å². The number of hydrogen-bond donors (Lipinski definition) is 3. The summed E-state index contributed by atoms with van der Waals surface area (Å²) in [6.07, 6.45) is 5.85. The van der Waals surface area contributed by atoms with Gasteiger partial charge in [0, 0.05) is 12.1 Å². The van der Waals surface area contributed by atoms with Gasteiger partial charge < -0.3 is 16.6 Å². The molecule has 2 aromatic rings. The van der Waals surface area contributed by atoms with Crippen molar-refractivity contribution in [2.75, 3.05) is 5.73 Å². The molecule has 0 saturated heterocycles. The van der Waals surface area contributed by atoms with Gasteiger partial charge in [0.15, 0.2) is 0 Å². The molecule has 0 aliphatic heterocycles. The molecule has 5 N–H and O–H groups in total. The zero-order chi connectivity index (χ0) is 14.9. The van der Waals surface area contributed by atoms with E-state index in [1.165, 1.54) is 0 Å². The summed E-state index contributed by atoms with van der Waals surface area (Å²) in [6.45, 7) is 0. The molecule has 0 spiro atoms. The maximum atomic E-state index is 9.80. The van der Waals surface area contributed by atoms with Crippen LogP contribution in [0.2, 0.25) is 0 Å². The van der Waals surface area contributed by atoms with E-state index in [4.69, 9.17) is 11.5 Å². The minimum absolute atomic E-state index is 0.400. The largest absolute Gasteiger partial charge is 0.399 e. The zero-order valence-corrected chi connectivity index (χ0v) is 11.7. The predicted molar refractivity (Wildman–Crippen MR) is 87.2 cm³/mol. The molecule has 21 heavy (non-hydrogen) atoms. The van der Waals surface area contributed by atoms with Gasteiger partial charge in [-0.25, -0.2) is 0 Å². The Morgan fingerprint density at radius 3 is 2.43 bits per heavy atom. The molecule has 0 amide bonds. The molecule has 0 saturated carbocycles. The van der Waals surface area contributed by atoms with Crippen LogP contribution in [0.1, 0.15) is 12.0 Å². The van der Waals surface area contributed by atoms with Crippen molar-refractivity contribution in [2.45, 2.75) is 12.1 Å². The topological polar surface area (TPSA) is 72.3 Å². The molecule has 1 aliphatic rings. The highest BCUT2D eigenvalue weighted by Crippen LogP contribution is 2.33. The maximum absolute atomic E-state index is 9.80. The van der Waals surface area contributed by atoms with Gasteiger partial charge in [0.2, 0.25) is 0 Å². The van der Waals surface area contributed by atoms with E-state index in [1.54, 1.807) is 6.08 Å². The van der Waals surface area contributed by atoms with Crippen molar-refractivity contribution in [1.29, 1.82) is 0 Å². The summed E-state index contributed by atoms with van der Waals surface area (Å²) in [7, 11) is 0. The van der Waals surface area contributed by atoms with Crippen LogP contribution in [0.25, 0.3) is 16.7 Å². The lowest BCUT2D eigenvalue weighted by molar-refractivity contribution is 0.101. The fourth-order valence-corrected chi connectivity index (χ4v) is 2.51. The molecular weight excluding hydrogens is 260 g/mol. The molecule has 1 atom stereocenters. The van der Waals surface area contributed by atoms with Crippen molar-refractivity contribution < 1.29 is 5.11 Å². The van der Waals surface area contributed by atoms with Gasteiger partial charge in [0.25, 0.3) is 0 Å². The number of benzene rings is 2. The van der Waals surface area contributed by atoms with Crippen molar-refractivity contribution in [3.05, 3.63) is 72.3 Å². The van der Waals surface area contributed by atoms with Crippen LogP contribution in [0.3, 0.4) is 0 Å². The van der Waals surface area contributed by atoms with E-state index in [0.717, 1.165) is 28.0 Å². The molecule has 3 rings (SSSR count). The molecule has 0 radical (unpaired) electrons. The van der Waals surface area contributed by atoms with E-state index in [1.807, 2.05) is 48.6 Å². The Morgan fingerprint density at radius 1 is 1.00 bits per heavy atom. The zero-order valence-electron chi connectivity index (χ0n) is 11.7. The monoisotopic (exact) mass is 278 g/mol. The van der Waals surface area contributed by atoms with Crippen molar-refractivity contribution in [2.24, 2.45) is 5.73 Å². The van der Waals surface area contributed by atoms with E-state index < -0.39 is 5.72 Å². The first-order valence-electron chi connectivity index (χ1n) is 6.91. The van der Waals surface area contributed by atoms with Crippen molar-refractivity contribution in [1.82, 2.24) is 0 Å². The van der Waals surface area contributed by atoms with Crippen LogP contribution in [0.4, 0.5) is 5.69 Å². The Hall–Kier alpha value is -2.36. The predicted octanol–water partition coefficient (Wildman–Crippen LogP) is 2.93. The van der Waals surface area contributed by atoms with Crippen molar-refractivity contribution in [3.8, 4) is 11.1 Å². The maximum Gasteiger partial charge on any atom is 0.136 e. The molecule has 0 aromatic heterocycles. The third kappa shape index (κ3) is 2.89. The van der Waals surface area contributed by atoms with Crippen molar-refractivity contribution >= 4 is 11.3 Å². The summed E-state index contributed by atoms with van der Waals surface area (Å²) < 4.78 is 0. The quantitative estimate of drug-likeness (QED) is 0.584. The summed E-state index contributed by atoms with van der Waals surface area (Å²) in [5, 5.41) is 9.80. The molecule has 0 bridgehead atoms. The number of anilines is 1. The second-order valence-electron chi connectivity index (χ2n) is 5.36. The standard InChI is InChI=1S/C18H18N2O/c19-15-6-7-16(14-8-10-18(20,21)11-9-14)17(12-15)13-4-2-1-3-5-13/h1-10,12,21H,11,19-20H2. The molecule has 0 fully saturated rings. The molecule has 3 nitrogen and oxygen atoms in total. The van der Waals surface area contributed by atoms with Gasteiger partial charge in [-0.05, 0) is 40.5 Å². The van der Waals surface area contributed by atoms with Crippen LogP contribution in [0.15, 0.2) is 66.8 Å². The Bertz CT molecular complexity index is 715. The van der Waals surface area contributed by atoms with Gasteiger partial charge in [-0.1, -0.05) is 48.6 Å². The molecule has 106 valence electrons.